The van der Waals surface area contributed by atoms with Crippen molar-refractivity contribution in [1.29, 1.82) is 0 Å². The van der Waals surface area contributed by atoms with Crippen LogP contribution in [0.5, 0.6) is 0 Å². The maximum absolute atomic E-state index is 13.4. The van der Waals surface area contributed by atoms with Gasteiger partial charge in [-0.3, -0.25) is 24.1 Å². The van der Waals surface area contributed by atoms with Gasteiger partial charge in [0.25, 0.3) is 0 Å². The van der Waals surface area contributed by atoms with Crippen molar-refractivity contribution in [2.45, 2.75) is 35.5 Å². The van der Waals surface area contributed by atoms with Crippen molar-refractivity contribution in [1.82, 2.24) is 9.88 Å². The summed E-state index contributed by atoms with van der Waals surface area (Å²) < 4.78 is 0. The number of carboxylic acids is 1. The summed E-state index contributed by atoms with van der Waals surface area (Å²) in [5.41, 5.74) is 2.24. The fourth-order valence-electron chi connectivity index (χ4n) is 7.04. The minimum Gasteiger partial charge on any atom is -0.481 e. The Morgan fingerprint density at radius 3 is 2.46 bits per heavy atom. The van der Waals surface area contributed by atoms with Gasteiger partial charge in [0, 0.05) is 48.8 Å². The molecule has 10 heteroatoms. The zero-order valence-corrected chi connectivity index (χ0v) is 21.1. The summed E-state index contributed by atoms with van der Waals surface area (Å²) in [4.78, 5) is 57.4. The molecule has 8 nitrogen and oxygen atoms in total. The maximum Gasteiger partial charge on any atom is 0.305 e. The van der Waals surface area contributed by atoms with E-state index in [1.165, 1.54) is 16.2 Å². The van der Waals surface area contributed by atoms with Crippen LogP contribution in [0.1, 0.15) is 35.6 Å². The Morgan fingerprint density at radius 1 is 1.11 bits per heavy atom. The number of carboxylic acid groups (broad SMARTS) is 1. The zero-order valence-electron chi connectivity index (χ0n) is 19.5. The van der Waals surface area contributed by atoms with E-state index in [0.717, 1.165) is 27.6 Å². The number of imide groups is 1. The van der Waals surface area contributed by atoms with Crippen LogP contribution in [0.4, 0.5) is 5.69 Å². The fourth-order valence-corrected chi connectivity index (χ4v) is 9.93. The number of benzene rings is 1. The van der Waals surface area contributed by atoms with Crippen LogP contribution in [-0.4, -0.2) is 58.7 Å². The van der Waals surface area contributed by atoms with Gasteiger partial charge in [0.2, 0.25) is 11.8 Å². The van der Waals surface area contributed by atoms with Gasteiger partial charge in [0.15, 0.2) is 0 Å². The molecule has 35 heavy (non-hydrogen) atoms. The maximum atomic E-state index is 13.4. The van der Waals surface area contributed by atoms with E-state index >= 15 is 0 Å². The Kier molecular flexibility index (Phi) is 5.37. The van der Waals surface area contributed by atoms with E-state index < -0.39 is 5.97 Å². The second-order valence-corrected chi connectivity index (χ2v) is 12.5. The lowest BCUT2D eigenvalue weighted by Gasteiger charge is -2.43. The van der Waals surface area contributed by atoms with Crippen molar-refractivity contribution in [3.63, 3.8) is 0 Å². The van der Waals surface area contributed by atoms with Gasteiger partial charge in [-0.1, -0.05) is 23.5 Å². The molecule has 1 saturated heterocycles. The number of aliphatic carboxylic acids is 1. The molecule has 0 unspecified atom stereocenters. The number of carbonyl (C=O) groups excluding carboxylic acids is 2. The predicted molar refractivity (Wildman–Crippen MR) is 133 cm³/mol. The highest BCUT2D eigenvalue weighted by Crippen LogP contribution is 2.68. The van der Waals surface area contributed by atoms with Gasteiger partial charge >= 0.3 is 10.8 Å². The van der Waals surface area contributed by atoms with Crippen LogP contribution in [0.2, 0.25) is 0 Å². The quantitative estimate of drug-likeness (QED) is 0.572. The number of nitrogens with one attached hydrogen (secondary N) is 1. The van der Waals surface area contributed by atoms with Gasteiger partial charge in [0.05, 0.1) is 16.9 Å². The van der Waals surface area contributed by atoms with Crippen molar-refractivity contribution in [3.8, 4) is 0 Å². The van der Waals surface area contributed by atoms with Crippen LogP contribution >= 0.6 is 23.1 Å². The van der Waals surface area contributed by atoms with Crippen LogP contribution in [0, 0.1) is 29.6 Å². The Morgan fingerprint density at radius 2 is 1.80 bits per heavy atom. The first-order valence-corrected chi connectivity index (χ1v) is 13.7. The summed E-state index contributed by atoms with van der Waals surface area (Å²) in [6, 6.07) is 8.44. The first-order chi connectivity index (χ1) is 16.8. The number of fused-ring (bicyclic) bond motifs is 9. The molecule has 1 aromatic carbocycles. The molecule has 6 rings (SSSR count). The van der Waals surface area contributed by atoms with Gasteiger partial charge in [-0.25, -0.2) is 0 Å². The average molecular weight is 514 g/mol. The molecule has 0 spiro atoms. The summed E-state index contributed by atoms with van der Waals surface area (Å²) in [7, 11) is 4.00. The molecule has 184 valence electrons. The van der Waals surface area contributed by atoms with Gasteiger partial charge in [-0.15, -0.1) is 11.8 Å². The third kappa shape index (κ3) is 3.40. The van der Waals surface area contributed by atoms with E-state index in [1.54, 1.807) is 11.8 Å². The lowest BCUT2D eigenvalue weighted by molar-refractivity contribution is -0.142. The normalized spacial score (nSPS) is 32.5. The number of anilines is 1. The van der Waals surface area contributed by atoms with Crippen LogP contribution in [0.25, 0.3) is 0 Å². The molecular weight excluding hydrogens is 486 g/mol. The van der Waals surface area contributed by atoms with Gasteiger partial charge in [-0.05, 0) is 48.3 Å². The highest BCUT2D eigenvalue weighted by Gasteiger charge is 2.69. The highest BCUT2D eigenvalue weighted by atomic mass is 32.2. The Labute approximate surface area is 210 Å². The number of aromatic amines is 1. The van der Waals surface area contributed by atoms with E-state index in [9.17, 15) is 19.2 Å². The number of nitrogens with zero attached hydrogens (tertiary/aromatic N) is 2. The van der Waals surface area contributed by atoms with Crippen LogP contribution in [0.15, 0.2) is 34.1 Å². The van der Waals surface area contributed by atoms with E-state index in [1.807, 2.05) is 19.0 Å². The number of aromatic nitrogens is 1. The predicted octanol–water partition coefficient (Wildman–Crippen LogP) is 2.84. The summed E-state index contributed by atoms with van der Waals surface area (Å²) in [6.07, 6.45) is 1.07. The zero-order chi connectivity index (χ0) is 24.6. The summed E-state index contributed by atoms with van der Waals surface area (Å²) in [6.45, 7) is 0.176. The van der Waals surface area contributed by atoms with Crippen molar-refractivity contribution < 1.29 is 19.5 Å². The second kappa shape index (κ2) is 8.23. The first kappa shape index (κ1) is 22.8. The number of amides is 2. The van der Waals surface area contributed by atoms with E-state index in [4.69, 9.17) is 5.11 Å². The van der Waals surface area contributed by atoms with Gasteiger partial charge in [0.1, 0.15) is 0 Å². The Bertz CT molecular complexity index is 1270. The summed E-state index contributed by atoms with van der Waals surface area (Å²) in [5, 5.41) is 10.0. The molecule has 7 atom stereocenters. The third-order valence-electron chi connectivity index (χ3n) is 8.36. The number of thioether (sulfide) groups is 1. The van der Waals surface area contributed by atoms with Crippen molar-refractivity contribution >= 4 is 46.6 Å². The minimum absolute atomic E-state index is 0.0105. The fraction of sp³-hybridized carbons (Fsp3) is 0.520. The molecule has 2 aliphatic carbocycles. The summed E-state index contributed by atoms with van der Waals surface area (Å²) >= 11 is 2.94. The summed E-state index contributed by atoms with van der Waals surface area (Å²) in [5.74, 6) is -1.50. The SMILES string of the molecule is CN(C)c1ccc([C@@H]2c3sc(=O)[nH]c3S[C@@H]3[C@H]4C[C@@H]([C@@H]5C(=O)N(CCCC(=O)O)C(=O)[C@H]45)[C@@H]23)cc1. The molecule has 2 bridgehead atoms. The lowest BCUT2D eigenvalue weighted by atomic mass is 9.68. The molecule has 0 radical (unpaired) electrons. The molecule has 2 aromatic rings. The number of hydrogen-bond acceptors (Lipinski definition) is 7. The van der Waals surface area contributed by atoms with Crippen LogP contribution in [0.3, 0.4) is 0 Å². The number of likely N-dealkylation sites (tertiary alicyclic amines) is 1. The van der Waals surface area contributed by atoms with Crippen molar-refractivity contribution in [2.24, 2.45) is 29.6 Å². The number of thiazole rings is 1. The van der Waals surface area contributed by atoms with E-state index in [0.29, 0.717) is 0 Å². The van der Waals surface area contributed by atoms with Crippen LogP contribution in [-0.2, 0) is 14.4 Å². The standard InChI is InChI=1S/C25H27N3O5S2/c1-27(2)12-7-5-11(6-8-12)16-17-13-10-14(20(17)34-22-21(16)35-25(33)26-22)19-18(13)23(31)28(24(19)32)9-3-4-15(29)30/h5-8,13-14,16-20H,3-4,9-10H2,1-2H3,(H,26,33)(H,29,30)/t13-,14+,16+,17+,18+,19-,20-/m1/s1. The molecule has 3 heterocycles. The number of hydrogen-bond donors (Lipinski definition) is 2. The number of H-pyrrole nitrogens is 1. The number of rotatable bonds is 6. The van der Waals surface area contributed by atoms with Crippen molar-refractivity contribution in [3.05, 3.63) is 44.4 Å². The largest absolute Gasteiger partial charge is 0.481 e. The third-order valence-corrected chi connectivity index (χ3v) is 10.9. The first-order valence-electron chi connectivity index (χ1n) is 12.0. The van der Waals surface area contributed by atoms with E-state index in [-0.39, 0.29) is 76.8 Å². The topological polar surface area (TPSA) is 111 Å². The van der Waals surface area contributed by atoms with Crippen molar-refractivity contribution in [2.75, 3.05) is 25.5 Å². The Balaban J connectivity index is 1.36. The molecule has 2 amide bonds. The molecular formula is C25H27N3O5S2. The molecule has 1 aromatic heterocycles. The van der Waals surface area contributed by atoms with Gasteiger partial charge in [-0.2, -0.15) is 0 Å². The molecule has 2 aliphatic heterocycles. The Hall–Kier alpha value is -2.59. The molecule has 2 saturated carbocycles. The minimum atomic E-state index is -0.921. The molecule has 2 N–H and O–H groups in total. The number of carbonyl (C=O) groups is 3. The average Bonchev–Trinajstić information content (AvgIpc) is 3.54. The highest BCUT2D eigenvalue weighted by molar-refractivity contribution is 8.00. The molecule has 3 fully saturated rings. The smallest absolute Gasteiger partial charge is 0.305 e. The second-order valence-electron chi connectivity index (χ2n) is 10.3. The molecule has 4 aliphatic rings. The monoisotopic (exact) mass is 513 g/mol. The van der Waals surface area contributed by atoms with Gasteiger partial charge < -0.3 is 15.0 Å². The van der Waals surface area contributed by atoms with E-state index in [2.05, 4.69) is 29.2 Å². The van der Waals surface area contributed by atoms with Crippen LogP contribution < -0.4 is 9.77 Å². The lowest BCUT2D eigenvalue weighted by Crippen LogP contribution is -2.42.